The van der Waals surface area contributed by atoms with Crippen molar-refractivity contribution in [3.05, 3.63) is 94.3 Å². The number of carbonyl (C=O) groups is 2. The Morgan fingerprint density at radius 2 is 1.81 bits per heavy atom. The van der Waals surface area contributed by atoms with Crippen molar-refractivity contribution in [2.75, 3.05) is 23.3 Å². The van der Waals surface area contributed by atoms with Crippen LogP contribution in [0.5, 0.6) is 0 Å². The quantitative estimate of drug-likeness (QED) is 0.527. The van der Waals surface area contributed by atoms with Crippen LogP contribution in [0.2, 0.25) is 5.02 Å². The molecule has 4 rings (SSSR count). The van der Waals surface area contributed by atoms with Crippen LogP contribution in [0.3, 0.4) is 0 Å². The van der Waals surface area contributed by atoms with Gasteiger partial charge in [0.2, 0.25) is 0 Å². The molecule has 7 heteroatoms. The molecular formula is C25H23ClFN3O2. The van der Waals surface area contributed by atoms with Crippen LogP contribution in [-0.4, -0.2) is 29.9 Å². The maximum Gasteiger partial charge on any atom is 0.324 e. The zero-order valence-electron chi connectivity index (χ0n) is 17.6. The van der Waals surface area contributed by atoms with Crippen molar-refractivity contribution in [2.45, 2.75) is 19.9 Å². The maximum absolute atomic E-state index is 14.1. The van der Waals surface area contributed by atoms with Gasteiger partial charge in [-0.2, -0.15) is 0 Å². The van der Waals surface area contributed by atoms with Gasteiger partial charge in [0.25, 0.3) is 5.91 Å². The Balaban J connectivity index is 1.60. The fraction of sp³-hybridized carbons (Fsp3) is 0.200. The number of hydrogen-bond acceptors (Lipinski definition) is 2. The summed E-state index contributed by atoms with van der Waals surface area (Å²) in [4.78, 5) is 29.4. The van der Waals surface area contributed by atoms with E-state index in [2.05, 4.69) is 5.32 Å². The lowest BCUT2D eigenvalue weighted by molar-refractivity contribution is 0.102. The lowest BCUT2D eigenvalue weighted by Crippen LogP contribution is -2.49. The predicted octanol–water partition coefficient (Wildman–Crippen LogP) is 5.87. The molecule has 32 heavy (non-hydrogen) atoms. The number of halogens is 2. The zero-order valence-corrected chi connectivity index (χ0v) is 18.4. The second-order valence-corrected chi connectivity index (χ2v) is 8.16. The van der Waals surface area contributed by atoms with Gasteiger partial charge < -0.3 is 10.2 Å². The summed E-state index contributed by atoms with van der Waals surface area (Å²) in [6.07, 6.45) is 0.728. The second kappa shape index (κ2) is 9.40. The molecule has 3 amide bonds. The first-order valence-electron chi connectivity index (χ1n) is 10.4. The molecule has 1 saturated heterocycles. The van der Waals surface area contributed by atoms with E-state index < -0.39 is 0 Å². The third-order valence-corrected chi connectivity index (χ3v) is 5.77. The molecule has 0 spiro atoms. The number of urea groups is 1. The van der Waals surface area contributed by atoms with Crippen molar-refractivity contribution in [3.8, 4) is 0 Å². The van der Waals surface area contributed by atoms with E-state index in [1.54, 1.807) is 52.3 Å². The Kier molecular flexibility index (Phi) is 6.42. The summed E-state index contributed by atoms with van der Waals surface area (Å²) in [5.74, 6) is -0.685. The van der Waals surface area contributed by atoms with Crippen molar-refractivity contribution >= 4 is 34.9 Å². The van der Waals surface area contributed by atoms with Gasteiger partial charge in [-0.1, -0.05) is 48.0 Å². The number of amides is 3. The fourth-order valence-electron chi connectivity index (χ4n) is 3.80. The first-order valence-corrected chi connectivity index (χ1v) is 10.8. The van der Waals surface area contributed by atoms with Crippen LogP contribution in [0.25, 0.3) is 0 Å². The Bertz CT molecular complexity index is 1170. The van der Waals surface area contributed by atoms with Gasteiger partial charge >= 0.3 is 6.03 Å². The van der Waals surface area contributed by atoms with Gasteiger partial charge in [0, 0.05) is 18.7 Å². The van der Waals surface area contributed by atoms with E-state index in [0.717, 1.165) is 12.0 Å². The zero-order chi connectivity index (χ0) is 22.7. The molecule has 5 nitrogen and oxygen atoms in total. The minimum Gasteiger partial charge on any atom is -0.320 e. The summed E-state index contributed by atoms with van der Waals surface area (Å²) in [6, 6.07) is 18.6. The normalized spacial score (nSPS) is 13.9. The Morgan fingerprint density at radius 1 is 1.06 bits per heavy atom. The number of carbonyl (C=O) groups excluding carboxylic acids is 2. The van der Waals surface area contributed by atoms with E-state index >= 15 is 0 Å². The SMILES string of the molecule is Cc1ccc(N2CCCN(Cc3ccccc3F)C2=O)c(NC(=O)c2ccccc2Cl)c1. The number of nitrogens with one attached hydrogen (secondary N) is 1. The molecule has 1 N–H and O–H groups in total. The van der Waals surface area contributed by atoms with Gasteiger partial charge in [0.05, 0.1) is 28.5 Å². The van der Waals surface area contributed by atoms with Crippen molar-refractivity contribution in [1.82, 2.24) is 4.90 Å². The standard InChI is InChI=1S/C25H23ClFN3O2/c1-17-11-12-23(22(15-17)28-24(31)19-8-3-4-9-20(19)26)30-14-6-13-29(25(30)32)16-18-7-2-5-10-21(18)27/h2-5,7-12,15H,6,13-14,16H2,1H3,(H,28,31). The molecule has 1 heterocycles. The van der Waals surface area contributed by atoms with Crippen LogP contribution in [0.15, 0.2) is 66.7 Å². The van der Waals surface area contributed by atoms with Crippen molar-refractivity contribution in [1.29, 1.82) is 0 Å². The largest absolute Gasteiger partial charge is 0.324 e. The topological polar surface area (TPSA) is 52.6 Å². The Hall–Kier alpha value is -3.38. The van der Waals surface area contributed by atoms with Crippen molar-refractivity contribution in [3.63, 3.8) is 0 Å². The van der Waals surface area contributed by atoms with Crippen LogP contribution in [0, 0.1) is 12.7 Å². The van der Waals surface area contributed by atoms with Crippen LogP contribution in [0.1, 0.15) is 27.9 Å². The molecule has 164 valence electrons. The van der Waals surface area contributed by atoms with Gasteiger partial charge in [0.15, 0.2) is 0 Å². The first-order chi connectivity index (χ1) is 15.4. The van der Waals surface area contributed by atoms with Crippen molar-refractivity contribution in [2.24, 2.45) is 0 Å². The molecule has 1 aliphatic rings. The van der Waals surface area contributed by atoms with E-state index in [-0.39, 0.29) is 24.3 Å². The van der Waals surface area contributed by atoms with E-state index in [9.17, 15) is 14.0 Å². The van der Waals surface area contributed by atoms with Crippen molar-refractivity contribution < 1.29 is 14.0 Å². The summed E-state index contributed by atoms with van der Waals surface area (Å²) in [5, 5.41) is 3.26. The van der Waals surface area contributed by atoms with Crippen LogP contribution in [0.4, 0.5) is 20.6 Å². The number of nitrogens with zero attached hydrogens (tertiary/aromatic N) is 2. The maximum atomic E-state index is 14.1. The van der Waals surface area contributed by atoms with Gasteiger partial charge in [0.1, 0.15) is 5.82 Å². The number of benzene rings is 3. The predicted molar refractivity (Wildman–Crippen MR) is 125 cm³/mol. The highest BCUT2D eigenvalue weighted by atomic mass is 35.5. The molecule has 0 bridgehead atoms. The summed E-state index contributed by atoms with van der Waals surface area (Å²) in [6.45, 7) is 3.15. The molecule has 0 unspecified atom stereocenters. The number of rotatable bonds is 5. The lowest BCUT2D eigenvalue weighted by atomic mass is 10.1. The minimum atomic E-state index is -0.352. The minimum absolute atomic E-state index is 0.190. The van der Waals surface area contributed by atoms with Crippen LogP contribution < -0.4 is 10.2 Å². The molecule has 0 atom stereocenters. The lowest BCUT2D eigenvalue weighted by Gasteiger charge is -2.36. The first kappa shape index (κ1) is 21.8. The Labute approximate surface area is 191 Å². The summed E-state index contributed by atoms with van der Waals surface area (Å²) < 4.78 is 14.1. The molecule has 0 radical (unpaired) electrons. The third-order valence-electron chi connectivity index (χ3n) is 5.44. The van der Waals surface area contributed by atoms with E-state index in [4.69, 9.17) is 11.6 Å². The van der Waals surface area contributed by atoms with Gasteiger partial charge in [-0.25, -0.2) is 9.18 Å². The Morgan fingerprint density at radius 3 is 2.59 bits per heavy atom. The highest BCUT2D eigenvalue weighted by molar-refractivity contribution is 6.34. The molecule has 0 aliphatic carbocycles. The van der Waals surface area contributed by atoms with E-state index in [1.807, 2.05) is 25.1 Å². The highest BCUT2D eigenvalue weighted by Gasteiger charge is 2.29. The van der Waals surface area contributed by atoms with E-state index in [0.29, 0.717) is 40.6 Å². The smallest absolute Gasteiger partial charge is 0.320 e. The molecule has 0 aromatic heterocycles. The molecule has 1 aliphatic heterocycles. The fourth-order valence-corrected chi connectivity index (χ4v) is 4.03. The van der Waals surface area contributed by atoms with Crippen LogP contribution >= 0.6 is 11.6 Å². The molecular weight excluding hydrogens is 429 g/mol. The molecule has 3 aromatic carbocycles. The van der Waals surface area contributed by atoms with Gasteiger partial charge in [-0.3, -0.25) is 9.69 Å². The highest BCUT2D eigenvalue weighted by Crippen LogP contribution is 2.31. The van der Waals surface area contributed by atoms with Crippen LogP contribution in [-0.2, 0) is 6.54 Å². The molecule has 3 aromatic rings. The van der Waals surface area contributed by atoms with Gasteiger partial charge in [-0.15, -0.1) is 0 Å². The van der Waals surface area contributed by atoms with E-state index in [1.165, 1.54) is 6.07 Å². The number of aryl methyl sites for hydroxylation is 1. The number of anilines is 2. The average Bonchev–Trinajstić information content (AvgIpc) is 2.77. The van der Waals surface area contributed by atoms with Gasteiger partial charge in [-0.05, 0) is 49.2 Å². The number of hydrogen-bond donors (Lipinski definition) is 1. The second-order valence-electron chi connectivity index (χ2n) is 7.76. The summed E-state index contributed by atoms with van der Waals surface area (Å²) in [5.41, 5.74) is 2.89. The molecule has 1 fully saturated rings. The third kappa shape index (κ3) is 4.60. The monoisotopic (exact) mass is 451 g/mol. The molecule has 0 saturated carbocycles. The average molecular weight is 452 g/mol. The summed E-state index contributed by atoms with van der Waals surface area (Å²) in [7, 11) is 0. The summed E-state index contributed by atoms with van der Waals surface area (Å²) >= 11 is 6.17.